The van der Waals surface area contributed by atoms with Crippen LogP contribution in [0.25, 0.3) is 0 Å². The zero-order valence-electron chi connectivity index (χ0n) is 10.9. The minimum Gasteiger partial charge on any atom is -0.323 e. The van der Waals surface area contributed by atoms with Crippen LogP contribution in [0.3, 0.4) is 0 Å². The summed E-state index contributed by atoms with van der Waals surface area (Å²) in [7, 11) is 0. The zero-order valence-corrected chi connectivity index (χ0v) is 10.9. The molecule has 0 aromatic carbocycles. The van der Waals surface area contributed by atoms with E-state index in [0.29, 0.717) is 17.4 Å². The lowest BCUT2D eigenvalue weighted by Crippen LogP contribution is -2.42. The molecule has 1 saturated heterocycles. The number of carbonyl (C=O) groups excluding carboxylic acids is 1. The normalized spacial score (nSPS) is 38.4. The molecule has 1 saturated carbocycles. The molecule has 2 fully saturated rings. The van der Waals surface area contributed by atoms with Gasteiger partial charge in [-0.2, -0.15) is 0 Å². The molecule has 0 aromatic rings. The second-order valence-corrected chi connectivity index (χ2v) is 6.11. The van der Waals surface area contributed by atoms with Crippen LogP contribution in [-0.2, 0) is 4.79 Å². The predicted molar refractivity (Wildman–Crippen MR) is 64.9 cm³/mol. The van der Waals surface area contributed by atoms with Gasteiger partial charge in [0.05, 0.1) is 12.2 Å². The van der Waals surface area contributed by atoms with E-state index < -0.39 is 0 Å². The number of carbonyl (C=O) groups is 1. The minimum atomic E-state index is 0.0544. The fourth-order valence-corrected chi connectivity index (χ4v) is 3.24. The molecule has 16 heavy (non-hydrogen) atoms. The molecule has 3 heteroatoms. The molecule has 1 aliphatic carbocycles. The van der Waals surface area contributed by atoms with Gasteiger partial charge >= 0.3 is 0 Å². The van der Waals surface area contributed by atoms with Gasteiger partial charge in [0.25, 0.3) is 0 Å². The summed E-state index contributed by atoms with van der Waals surface area (Å²) < 4.78 is 0. The van der Waals surface area contributed by atoms with Crippen molar-refractivity contribution in [3.63, 3.8) is 0 Å². The van der Waals surface area contributed by atoms with Gasteiger partial charge in [0.15, 0.2) is 0 Å². The van der Waals surface area contributed by atoms with Crippen LogP contribution in [0.4, 0.5) is 0 Å². The summed E-state index contributed by atoms with van der Waals surface area (Å²) in [5.74, 6) is 0.317. The highest BCUT2D eigenvalue weighted by Crippen LogP contribution is 2.40. The molecule has 1 N–H and O–H groups in total. The van der Waals surface area contributed by atoms with Gasteiger partial charge < -0.3 is 4.90 Å². The summed E-state index contributed by atoms with van der Waals surface area (Å²) in [6.45, 7) is 8.80. The smallest absolute Gasteiger partial charge is 0.241 e. The van der Waals surface area contributed by atoms with Crippen molar-refractivity contribution in [1.82, 2.24) is 10.2 Å². The van der Waals surface area contributed by atoms with Gasteiger partial charge in [0.2, 0.25) is 5.91 Å². The van der Waals surface area contributed by atoms with Crippen molar-refractivity contribution in [3.05, 3.63) is 0 Å². The number of rotatable bonds is 2. The Labute approximate surface area is 98.6 Å². The van der Waals surface area contributed by atoms with Crippen LogP contribution in [0.1, 0.15) is 53.4 Å². The zero-order chi connectivity index (χ0) is 11.9. The average Bonchev–Trinajstić information content (AvgIpc) is 2.67. The van der Waals surface area contributed by atoms with Gasteiger partial charge in [0.1, 0.15) is 0 Å². The van der Waals surface area contributed by atoms with E-state index in [-0.39, 0.29) is 12.2 Å². The van der Waals surface area contributed by atoms with Crippen LogP contribution in [0.2, 0.25) is 0 Å². The Bertz CT molecular complexity index is 288. The van der Waals surface area contributed by atoms with E-state index in [2.05, 4.69) is 37.9 Å². The van der Waals surface area contributed by atoms with Gasteiger partial charge in [-0.1, -0.05) is 20.8 Å². The minimum absolute atomic E-state index is 0.0544. The maximum atomic E-state index is 12.2. The van der Waals surface area contributed by atoms with Gasteiger partial charge in [-0.25, -0.2) is 0 Å². The Kier molecular flexibility index (Phi) is 2.99. The van der Waals surface area contributed by atoms with E-state index in [9.17, 15) is 4.79 Å². The van der Waals surface area contributed by atoms with E-state index in [1.165, 1.54) is 12.8 Å². The molecule has 92 valence electrons. The quantitative estimate of drug-likeness (QED) is 0.779. The van der Waals surface area contributed by atoms with Crippen LogP contribution in [0.15, 0.2) is 0 Å². The maximum absolute atomic E-state index is 12.2. The van der Waals surface area contributed by atoms with Gasteiger partial charge in [0, 0.05) is 6.04 Å². The number of hydrogen-bond acceptors (Lipinski definition) is 2. The highest BCUT2D eigenvalue weighted by molar-refractivity contribution is 5.84. The molecule has 2 aliphatic rings. The van der Waals surface area contributed by atoms with Crippen LogP contribution in [-0.4, -0.2) is 29.1 Å². The third-order valence-electron chi connectivity index (χ3n) is 4.16. The number of nitrogens with zero attached hydrogens (tertiary/aromatic N) is 1. The van der Waals surface area contributed by atoms with Crippen molar-refractivity contribution >= 4 is 5.91 Å². The van der Waals surface area contributed by atoms with Crippen molar-refractivity contribution in [2.24, 2.45) is 5.41 Å². The lowest BCUT2D eigenvalue weighted by molar-refractivity contribution is -0.132. The maximum Gasteiger partial charge on any atom is 0.241 e. The van der Waals surface area contributed by atoms with E-state index in [4.69, 9.17) is 0 Å². The van der Waals surface area contributed by atoms with E-state index in [0.717, 1.165) is 12.8 Å². The molecule has 1 amide bonds. The molecule has 3 nitrogen and oxygen atoms in total. The average molecular weight is 224 g/mol. The Hall–Kier alpha value is -0.570. The Morgan fingerprint density at radius 3 is 2.62 bits per heavy atom. The lowest BCUT2D eigenvalue weighted by atomic mass is 9.91. The molecule has 0 bridgehead atoms. The lowest BCUT2D eigenvalue weighted by Gasteiger charge is -2.29. The number of amides is 1. The third kappa shape index (κ3) is 1.97. The molecule has 1 aliphatic heterocycles. The van der Waals surface area contributed by atoms with Crippen molar-refractivity contribution in [2.45, 2.75) is 71.6 Å². The van der Waals surface area contributed by atoms with Gasteiger partial charge in [-0.15, -0.1) is 0 Å². The largest absolute Gasteiger partial charge is 0.323 e. The van der Waals surface area contributed by atoms with Crippen LogP contribution >= 0.6 is 0 Å². The first-order chi connectivity index (χ1) is 7.44. The summed E-state index contributed by atoms with van der Waals surface area (Å²) >= 11 is 0. The second-order valence-electron chi connectivity index (χ2n) is 6.11. The Morgan fingerprint density at radius 2 is 2.19 bits per heavy atom. The summed E-state index contributed by atoms with van der Waals surface area (Å²) in [5.41, 5.74) is 0.412. The third-order valence-corrected chi connectivity index (χ3v) is 4.16. The van der Waals surface area contributed by atoms with Crippen LogP contribution < -0.4 is 5.32 Å². The van der Waals surface area contributed by atoms with Gasteiger partial charge in [-0.05, 0) is 38.0 Å². The standard InChI is InChI=1S/C13H24N2O/c1-5-11-12(16)15(9(2)14-11)10-6-7-13(3,4)8-10/h9-11,14H,5-8H2,1-4H3. The molecule has 0 aromatic heterocycles. The van der Waals surface area contributed by atoms with E-state index in [1.54, 1.807) is 0 Å². The predicted octanol–water partition coefficient (Wildman–Crippen LogP) is 2.12. The topological polar surface area (TPSA) is 32.3 Å². The number of hydrogen-bond donors (Lipinski definition) is 1. The van der Waals surface area contributed by atoms with Gasteiger partial charge in [-0.3, -0.25) is 10.1 Å². The Morgan fingerprint density at radius 1 is 1.50 bits per heavy atom. The first-order valence-corrected chi connectivity index (χ1v) is 6.53. The van der Waals surface area contributed by atoms with Crippen molar-refractivity contribution in [3.8, 4) is 0 Å². The van der Waals surface area contributed by atoms with Crippen LogP contribution in [0, 0.1) is 5.41 Å². The summed E-state index contributed by atoms with van der Waals surface area (Å²) in [4.78, 5) is 14.3. The summed E-state index contributed by atoms with van der Waals surface area (Å²) in [6, 6.07) is 0.514. The monoisotopic (exact) mass is 224 g/mol. The SMILES string of the molecule is CCC1NC(C)N(C2CCC(C)(C)C2)C1=O. The molecule has 2 rings (SSSR count). The first-order valence-electron chi connectivity index (χ1n) is 6.53. The van der Waals surface area contributed by atoms with Crippen molar-refractivity contribution in [1.29, 1.82) is 0 Å². The highest BCUT2D eigenvalue weighted by atomic mass is 16.2. The van der Waals surface area contributed by atoms with Crippen LogP contribution in [0.5, 0.6) is 0 Å². The molecule has 0 spiro atoms. The van der Waals surface area contributed by atoms with E-state index >= 15 is 0 Å². The Balaban J connectivity index is 2.08. The molecule has 3 atom stereocenters. The first kappa shape index (κ1) is 11.9. The van der Waals surface area contributed by atoms with Crippen molar-refractivity contribution < 1.29 is 4.79 Å². The fourth-order valence-electron chi connectivity index (χ4n) is 3.24. The molecular formula is C13H24N2O. The van der Waals surface area contributed by atoms with E-state index in [1.807, 2.05) is 0 Å². The molecular weight excluding hydrogens is 200 g/mol. The summed E-state index contributed by atoms with van der Waals surface area (Å²) in [5, 5.41) is 3.38. The highest BCUT2D eigenvalue weighted by Gasteiger charge is 2.43. The molecule has 1 heterocycles. The van der Waals surface area contributed by atoms with Crippen molar-refractivity contribution in [2.75, 3.05) is 0 Å². The second kappa shape index (κ2) is 4.02. The molecule has 3 unspecified atom stereocenters. The number of nitrogens with one attached hydrogen (secondary N) is 1. The summed E-state index contributed by atoms with van der Waals surface area (Å²) in [6.07, 6.45) is 4.68. The fraction of sp³-hybridized carbons (Fsp3) is 0.923. The molecule has 0 radical (unpaired) electrons.